The zero-order chi connectivity index (χ0) is 17.3. The van der Waals surface area contributed by atoms with Gasteiger partial charge in [0.2, 0.25) is 0 Å². The van der Waals surface area contributed by atoms with E-state index in [1.54, 1.807) is 18.5 Å². The third kappa shape index (κ3) is 3.03. The summed E-state index contributed by atoms with van der Waals surface area (Å²) in [5.41, 5.74) is 2.87. The molecule has 126 valence electrons. The molecule has 2 heterocycles. The maximum Gasteiger partial charge on any atom is 0.270 e. The molecule has 1 aliphatic carbocycles. The predicted molar refractivity (Wildman–Crippen MR) is 96.3 cm³/mol. The number of hydrogen-bond donors (Lipinski definition) is 2. The molecule has 0 aliphatic heterocycles. The molecule has 1 aromatic carbocycles. The van der Waals surface area contributed by atoms with Crippen molar-refractivity contribution < 1.29 is 4.79 Å². The maximum atomic E-state index is 12.7. The first kappa shape index (κ1) is 15.8. The molecule has 0 radical (unpaired) electrons. The van der Waals surface area contributed by atoms with Gasteiger partial charge in [-0.3, -0.25) is 14.9 Å². The molecule has 2 N–H and O–H groups in total. The second-order valence-electron chi connectivity index (χ2n) is 6.30. The summed E-state index contributed by atoms with van der Waals surface area (Å²) in [6.07, 6.45) is 6.34. The lowest BCUT2D eigenvalue weighted by molar-refractivity contribution is 0.0818. The van der Waals surface area contributed by atoms with Crippen LogP contribution in [-0.4, -0.2) is 21.1 Å². The SMILES string of the molecule is O=C(NC1(c2ccc(Cl)cc2)CCC1)c1cc(-c2ccncc2)n[nH]1. The summed E-state index contributed by atoms with van der Waals surface area (Å²) in [6.45, 7) is 0. The molecule has 0 spiro atoms. The van der Waals surface area contributed by atoms with Crippen LogP contribution in [0.25, 0.3) is 11.3 Å². The standard InChI is InChI=1S/C19H17ClN4O/c20-15-4-2-14(3-5-15)19(8-1-9-19)22-18(25)17-12-16(23-24-17)13-6-10-21-11-7-13/h2-7,10-12H,1,8-9H2,(H,22,25)(H,23,24). The second kappa shape index (κ2) is 6.33. The number of carbonyl (C=O) groups excluding carboxylic acids is 1. The molecule has 0 atom stereocenters. The van der Waals surface area contributed by atoms with E-state index in [2.05, 4.69) is 20.5 Å². The van der Waals surface area contributed by atoms with Gasteiger partial charge in [-0.05, 0) is 55.2 Å². The van der Waals surface area contributed by atoms with Gasteiger partial charge in [0.1, 0.15) is 5.69 Å². The third-order valence-corrected chi connectivity index (χ3v) is 5.01. The first-order valence-corrected chi connectivity index (χ1v) is 8.58. The number of pyridine rings is 1. The van der Waals surface area contributed by atoms with Crippen LogP contribution >= 0.6 is 11.6 Å². The second-order valence-corrected chi connectivity index (χ2v) is 6.74. The molecule has 1 fully saturated rings. The molecular weight excluding hydrogens is 336 g/mol. The van der Waals surface area contributed by atoms with Crippen molar-refractivity contribution in [3.05, 3.63) is 71.1 Å². The first-order valence-electron chi connectivity index (χ1n) is 8.21. The molecule has 6 heteroatoms. The highest BCUT2D eigenvalue weighted by Gasteiger charge is 2.40. The highest BCUT2D eigenvalue weighted by molar-refractivity contribution is 6.30. The van der Waals surface area contributed by atoms with Gasteiger partial charge in [-0.15, -0.1) is 0 Å². The molecule has 4 rings (SSSR count). The van der Waals surface area contributed by atoms with Crippen LogP contribution < -0.4 is 5.32 Å². The Labute approximate surface area is 150 Å². The number of aromatic amines is 1. The quantitative estimate of drug-likeness (QED) is 0.747. The Hall–Kier alpha value is -2.66. The van der Waals surface area contributed by atoms with Crippen molar-refractivity contribution in [1.82, 2.24) is 20.5 Å². The van der Waals surface area contributed by atoms with E-state index in [4.69, 9.17) is 11.6 Å². The van der Waals surface area contributed by atoms with Gasteiger partial charge in [-0.2, -0.15) is 5.10 Å². The number of H-pyrrole nitrogens is 1. The number of nitrogens with one attached hydrogen (secondary N) is 2. The van der Waals surface area contributed by atoms with Gasteiger partial charge < -0.3 is 5.32 Å². The Morgan fingerprint density at radius 1 is 1.12 bits per heavy atom. The molecule has 1 aliphatic rings. The number of hydrogen-bond acceptors (Lipinski definition) is 3. The number of rotatable bonds is 4. The molecule has 1 saturated carbocycles. The van der Waals surface area contributed by atoms with Gasteiger partial charge in [0.15, 0.2) is 0 Å². The molecule has 2 aromatic heterocycles. The van der Waals surface area contributed by atoms with E-state index in [9.17, 15) is 4.79 Å². The summed E-state index contributed by atoms with van der Waals surface area (Å²) in [4.78, 5) is 16.7. The van der Waals surface area contributed by atoms with Crippen LogP contribution in [0.2, 0.25) is 5.02 Å². The smallest absolute Gasteiger partial charge is 0.270 e. The van der Waals surface area contributed by atoms with Crippen LogP contribution in [0.15, 0.2) is 54.9 Å². The molecule has 3 aromatic rings. The summed E-state index contributed by atoms with van der Waals surface area (Å²) in [7, 11) is 0. The molecule has 5 nitrogen and oxygen atoms in total. The van der Waals surface area contributed by atoms with E-state index >= 15 is 0 Å². The highest BCUT2D eigenvalue weighted by Crippen LogP contribution is 2.41. The average Bonchev–Trinajstić information content (AvgIpc) is 3.10. The Bertz CT molecular complexity index is 885. The van der Waals surface area contributed by atoms with Crippen molar-refractivity contribution in [2.24, 2.45) is 0 Å². The zero-order valence-electron chi connectivity index (χ0n) is 13.5. The van der Waals surface area contributed by atoms with Crippen molar-refractivity contribution in [3.8, 4) is 11.3 Å². The molecule has 0 unspecified atom stereocenters. The van der Waals surface area contributed by atoms with E-state index in [1.807, 2.05) is 36.4 Å². The highest BCUT2D eigenvalue weighted by atomic mass is 35.5. The molecule has 0 bridgehead atoms. The maximum absolute atomic E-state index is 12.7. The molecule has 0 saturated heterocycles. The summed E-state index contributed by atoms with van der Waals surface area (Å²) >= 11 is 5.98. The topological polar surface area (TPSA) is 70.7 Å². The molecular formula is C19H17ClN4O. The van der Waals surface area contributed by atoms with Crippen LogP contribution in [0, 0.1) is 0 Å². The van der Waals surface area contributed by atoms with Crippen molar-refractivity contribution in [1.29, 1.82) is 0 Å². The van der Waals surface area contributed by atoms with Gasteiger partial charge >= 0.3 is 0 Å². The summed E-state index contributed by atoms with van der Waals surface area (Å²) in [5, 5.41) is 10.9. The number of benzene rings is 1. The van der Waals surface area contributed by atoms with Crippen molar-refractivity contribution in [3.63, 3.8) is 0 Å². The number of carbonyl (C=O) groups is 1. The van der Waals surface area contributed by atoms with Crippen LogP contribution in [0.4, 0.5) is 0 Å². The fourth-order valence-corrected chi connectivity index (χ4v) is 3.30. The van der Waals surface area contributed by atoms with Crippen LogP contribution in [0.5, 0.6) is 0 Å². The number of halogens is 1. The van der Waals surface area contributed by atoms with E-state index < -0.39 is 0 Å². The first-order chi connectivity index (χ1) is 12.2. The molecule has 1 amide bonds. The Kier molecular flexibility index (Phi) is 4.01. The van der Waals surface area contributed by atoms with Crippen LogP contribution in [-0.2, 0) is 5.54 Å². The minimum atomic E-state index is -0.316. The van der Waals surface area contributed by atoms with Crippen molar-refractivity contribution in [2.75, 3.05) is 0 Å². The minimum absolute atomic E-state index is 0.151. The van der Waals surface area contributed by atoms with Gasteiger partial charge in [-0.25, -0.2) is 0 Å². The van der Waals surface area contributed by atoms with Gasteiger partial charge in [0.05, 0.1) is 11.2 Å². The zero-order valence-corrected chi connectivity index (χ0v) is 14.3. The van der Waals surface area contributed by atoms with Crippen molar-refractivity contribution >= 4 is 17.5 Å². The van der Waals surface area contributed by atoms with E-state index in [0.717, 1.165) is 36.1 Å². The largest absolute Gasteiger partial charge is 0.341 e. The van der Waals surface area contributed by atoms with E-state index in [-0.39, 0.29) is 11.4 Å². The lowest BCUT2D eigenvalue weighted by Crippen LogP contribution is -2.50. The lowest BCUT2D eigenvalue weighted by Gasteiger charge is -2.43. The number of amides is 1. The normalized spacial score (nSPS) is 15.4. The minimum Gasteiger partial charge on any atom is -0.341 e. The van der Waals surface area contributed by atoms with Gasteiger partial charge in [-0.1, -0.05) is 23.7 Å². The van der Waals surface area contributed by atoms with Gasteiger partial charge in [0, 0.05) is 23.0 Å². The Morgan fingerprint density at radius 3 is 2.48 bits per heavy atom. The summed E-state index contributed by atoms with van der Waals surface area (Å²) in [6, 6.07) is 13.2. The summed E-state index contributed by atoms with van der Waals surface area (Å²) < 4.78 is 0. The van der Waals surface area contributed by atoms with Gasteiger partial charge in [0.25, 0.3) is 5.91 Å². The Morgan fingerprint density at radius 2 is 1.84 bits per heavy atom. The monoisotopic (exact) mass is 352 g/mol. The number of aromatic nitrogens is 3. The summed E-state index contributed by atoms with van der Waals surface area (Å²) in [5.74, 6) is -0.151. The fourth-order valence-electron chi connectivity index (χ4n) is 3.18. The average molecular weight is 353 g/mol. The van der Waals surface area contributed by atoms with Crippen molar-refractivity contribution in [2.45, 2.75) is 24.8 Å². The third-order valence-electron chi connectivity index (χ3n) is 4.76. The van der Waals surface area contributed by atoms with Crippen LogP contribution in [0.3, 0.4) is 0 Å². The van der Waals surface area contributed by atoms with E-state index in [1.165, 1.54) is 0 Å². The molecule has 25 heavy (non-hydrogen) atoms. The predicted octanol–water partition coefficient (Wildman–Crippen LogP) is 3.93. The Balaban J connectivity index is 1.55. The lowest BCUT2D eigenvalue weighted by atomic mass is 9.71. The van der Waals surface area contributed by atoms with Crippen LogP contribution in [0.1, 0.15) is 35.3 Å². The van der Waals surface area contributed by atoms with E-state index in [0.29, 0.717) is 10.7 Å². The fraction of sp³-hybridized carbons (Fsp3) is 0.211. The number of nitrogens with zero attached hydrogens (tertiary/aromatic N) is 2.